The molecule has 0 aliphatic carbocycles. The first-order valence-corrected chi connectivity index (χ1v) is 8.22. The van der Waals surface area contributed by atoms with Gasteiger partial charge in [0.1, 0.15) is 0 Å². The number of hydrogen-bond donors (Lipinski definition) is 1. The average Bonchev–Trinajstić information content (AvgIpc) is 2.26. The molecule has 1 atom stereocenters. The molecule has 0 aromatic heterocycles. The van der Waals surface area contributed by atoms with Gasteiger partial charge >= 0.3 is 0 Å². The van der Waals surface area contributed by atoms with Crippen molar-refractivity contribution in [2.24, 2.45) is 5.73 Å². The predicted octanol–water partition coefficient (Wildman–Crippen LogP) is 0.950. The molecule has 1 aliphatic heterocycles. The number of nitrogens with zero attached hydrogens (tertiary/aromatic N) is 1. The van der Waals surface area contributed by atoms with Crippen LogP contribution in [0.25, 0.3) is 0 Å². The average molecular weight is 278 g/mol. The minimum absolute atomic E-state index is 0.0844. The summed E-state index contributed by atoms with van der Waals surface area (Å²) in [7, 11) is -2.97. The molecular formula is C11H22N2O2S2. The molecule has 0 aromatic rings. The minimum Gasteiger partial charge on any atom is -0.392 e. The van der Waals surface area contributed by atoms with Crippen molar-refractivity contribution in [1.29, 1.82) is 0 Å². The second-order valence-corrected chi connectivity index (χ2v) is 8.01. The van der Waals surface area contributed by atoms with E-state index >= 15 is 0 Å². The predicted molar refractivity (Wildman–Crippen MR) is 74.9 cm³/mol. The second-order valence-electron chi connectivity index (χ2n) is 4.87. The van der Waals surface area contributed by atoms with E-state index in [1.54, 1.807) is 13.8 Å². The van der Waals surface area contributed by atoms with Gasteiger partial charge in [-0.05, 0) is 33.2 Å². The van der Waals surface area contributed by atoms with Crippen molar-refractivity contribution in [2.75, 3.05) is 18.8 Å². The Bertz CT molecular complexity index is 366. The Labute approximate surface area is 109 Å². The Morgan fingerprint density at radius 1 is 1.47 bits per heavy atom. The van der Waals surface area contributed by atoms with Crippen LogP contribution >= 0.6 is 12.2 Å². The van der Waals surface area contributed by atoms with E-state index < -0.39 is 9.84 Å². The van der Waals surface area contributed by atoms with Gasteiger partial charge < -0.3 is 5.73 Å². The monoisotopic (exact) mass is 278 g/mol. The summed E-state index contributed by atoms with van der Waals surface area (Å²) in [6.45, 7) is 4.88. The van der Waals surface area contributed by atoms with Crippen molar-refractivity contribution in [1.82, 2.24) is 4.90 Å². The van der Waals surface area contributed by atoms with Gasteiger partial charge in [0, 0.05) is 6.54 Å². The molecule has 6 heteroatoms. The second kappa shape index (κ2) is 6.11. The highest BCUT2D eigenvalue weighted by atomic mass is 32.2. The van der Waals surface area contributed by atoms with Crippen molar-refractivity contribution in [3.8, 4) is 0 Å². The Morgan fingerprint density at radius 2 is 2.12 bits per heavy atom. The topological polar surface area (TPSA) is 63.4 Å². The summed E-state index contributed by atoms with van der Waals surface area (Å²) in [5.41, 5.74) is 5.70. The highest BCUT2D eigenvalue weighted by Gasteiger charge is 2.26. The molecule has 1 heterocycles. The van der Waals surface area contributed by atoms with Crippen LogP contribution in [0.4, 0.5) is 0 Å². The maximum atomic E-state index is 11.8. The molecule has 17 heavy (non-hydrogen) atoms. The van der Waals surface area contributed by atoms with E-state index in [9.17, 15) is 8.42 Å². The first kappa shape index (κ1) is 14.9. The van der Waals surface area contributed by atoms with Gasteiger partial charge in [-0.3, -0.25) is 4.90 Å². The zero-order valence-electron chi connectivity index (χ0n) is 10.6. The minimum atomic E-state index is -2.97. The third-order valence-electron chi connectivity index (χ3n) is 3.32. The number of thiocarbonyl (C=S) groups is 1. The lowest BCUT2D eigenvalue weighted by atomic mass is 10.0. The molecule has 0 bridgehead atoms. The van der Waals surface area contributed by atoms with Gasteiger partial charge in [-0.1, -0.05) is 18.6 Å². The number of likely N-dealkylation sites (tertiary alicyclic amines) is 1. The lowest BCUT2D eigenvalue weighted by molar-refractivity contribution is 0.203. The number of piperidine rings is 1. The van der Waals surface area contributed by atoms with Gasteiger partial charge in [0.2, 0.25) is 0 Å². The molecule has 1 saturated heterocycles. The third kappa shape index (κ3) is 4.19. The summed E-state index contributed by atoms with van der Waals surface area (Å²) >= 11 is 5.04. The van der Waals surface area contributed by atoms with Gasteiger partial charge in [0.05, 0.1) is 22.0 Å². The number of nitrogens with two attached hydrogens (primary N) is 1. The van der Waals surface area contributed by atoms with Crippen molar-refractivity contribution in [3.63, 3.8) is 0 Å². The fraction of sp³-hybridized carbons (Fsp3) is 0.909. The fourth-order valence-electron chi connectivity index (χ4n) is 2.06. The van der Waals surface area contributed by atoms with E-state index in [2.05, 4.69) is 4.90 Å². The highest BCUT2D eigenvalue weighted by Crippen LogP contribution is 2.17. The summed E-state index contributed by atoms with van der Waals surface area (Å²) in [6.07, 6.45) is 3.17. The first-order chi connectivity index (χ1) is 7.84. The van der Waals surface area contributed by atoms with E-state index in [1.165, 1.54) is 0 Å². The lowest BCUT2D eigenvalue weighted by Gasteiger charge is -2.34. The molecule has 0 saturated carbocycles. The molecule has 1 fully saturated rings. The largest absolute Gasteiger partial charge is 0.392 e. The van der Waals surface area contributed by atoms with Crippen LogP contribution in [0.3, 0.4) is 0 Å². The third-order valence-corrected chi connectivity index (χ3v) is 5.78. The first-order valence-electron chi connectivity index (χ1n) is 6.09. The van der Waals surface area contributed by atoms with Crippen LogP contribution in [-0.4, -0.2) is 48.4 Å². The molecule has 100 valence electrons. The molecule has 0 aromatic carbocycles. The van der Waals surface area contributed by atoms with E-state index in [-0.39, 0.29) is 17.0 Å². The van der Waals surface area contributed by atoms with E-state index in [0.29, 0.717) is 11.5 Å². The molecule has 2 N–H and O–H groups in total. The fourth-order valence-corrected chi connectivity index (χ4v) is 3.29. The highest BCUT2D eigenvalue weighted by molar-refractivity contribution is 7.92. The van der Waals surface area contributed by atoms with Crippen molar-refractivity contribution in [2.45, 2.75) is 44.4 Å². The Hall–Kier alpha value is -0.200. The Morgan fingerprint density at radius 3 is 2.65 bits per heavy atom. The van der Waals surface area contributed by atoms with Crippen molar-refractivity contribution < 1.29 is 8.42 Å². The lowest BCUT2D eigenvalue weighted by Crippen LogP contribution is -2.48. The summed E-state index contributed by atoms with van der Waals surface area (Å²) in [5.74, 6) is 0.198. The van der Waals surface area contributed by atoms with E-state index in [1.807, 2.05) is 0 Å². The molecule has 0 amide bonds. The summed E-state index contributed by atoms with van der Waals surface area (Å²) in [5, 5.41) is -0.310. The quantitative estimate of drug-likeness (QED) is 0.759. The molecular weight excluding hydrogens is 256 g/mol. The number of sulfone groups is 1. The normalized spacial score (nSPS) is 22.9. The Kier molecular flexibility index (Phi) is 5.34. The smallest absolute Gasteiger partial charge is 0.153 e. The molecule has 0 spiro atoms. The van der Waals surface area contributed by atoms with E-state index in [4.69, 9.17) is 18.0 Å². The summed E-state index contributed by atoms with van der Waals surface area (Å²) in [6, 6.07) is 0.0844. The van der Waals surface area contributed by atoms with Crippen LogP contribution in [-0.2, 0) is 9.84 Å². The van der Waals surface area contributed by atoms with Crippen LogP contribution < -0.4 is 5.73 Å². The molecule has 1 unspecified atom stereocenters. The zero-order chi connectivity index (χ0) is 13.1. The van der Waals surface area contributed by atoms with Gasteiger partial charge in [-0.25, -0.2) is 8.42 Å². The summed E-state index contributed by atoms with van der Waals surface area (Å²) in [4.78, 5) is 2.61. The van der Waals surface area contributed by atoms with Crippen LogP contribution in [0.5, 0.6) is 0 Å². The van der Waals surface area contributed by atoms with Crippen LogP contribution in [0.15, 0.2) is 0 Å². The van der Waals surface area contributed by atoms with Gasteiger partial charge in [-0.15, -0.1) is 0 Å². The standard InChI is InChI=1S/C11H22N2O2S2/c1-9(2)17(14,15)8-7-13-6-4-3-5-10(13)11(12)16/h9-10H,3-8H2,1-2H3,(H2,12,16). The number of rotatable bonds is 5. The van der Waals surface area contributed by atoms with E-state index in [0.717, 1.165) is 25.8 Å². The molecule has 1 aliphatic rings. The van der Waals surface area contributed by atoms with Gasteiger partial charge in [-0.2, -0.15) is 0 Å². The van der Waals surface area contributed by atoms with Crippen LogP contribution in [0.1, 0.15) is 33.1 Å². The Balaban J connectivity index is 2.58. The zero-order valence-corrected chi connectivity index (χ0v) is 12.2. The van der Waals surface area contributed by atoms with Crippen LogP contribution in [0.2, 0.25) is 0 Å². The molecule has 1 rings (SSSR count). The van der Waals surface area contributed by atoms with Crippen molar-refractivity contribution >= 4 is 27.0 Å². The molecule has 0 radical (unpaired) electrons. The van der Waals surface area contributed by atoms with Gasteiger partial charge in [0.25, 0.3) is 0 Å². The maximum Gasteiger partial charge on any atom is 0.153 e. The SMILES string of the molecule is CC(C)S(=O)(=O)CCN1CCCCC1C(N)=S. The van der Waals surface area contributed by atoms with Crippen LogP contribution in [0, 0.1) is 0 Å². The van der Waals surface area contributed by atoms with Crippen molar-refractivity contribution in [3.05, 3.63) is 0 Å². The summed E-state index contributed by atoms with van der Waals surface area (Å²) < 4.78 is 23.5. The number of hydrogen-bond acceptors (Lipinski definition) is 4. The maximum absolute atomic E-state index is 11.8. The van der Waals surface area contributed by atoms with Gasteiger partial charge in [0.15, 0.2) is 9.84 Å². The molecule has 4 nitrogen and oxygen atoms in total.